The van der Waals surface area contributed by atoms with Crippen LogP contribution in [-0.2, 0) is 13.2 Å². The monoisotopic (exact) mass is 494 g/mol. The molecule has 2 amide bonds. The van der Waals surface area contributed by atoms with E-state index in [9.17, 15) is 9.59 Å². The second kappa shape index (κ2) is 9.73. The van der Waals surface area contributed by atoms with Gasteiger partial charge in [0.05, 0.1) is 5.69 Å². The van der Waals surface area contributed by atoms with E-state index in [1.54, 1.807) is 0 Å². The van der Waals surface area contributed by atoms with E-state index in [4.69, 9.17) is 4.74 Å². The first-order chi connectivity index (χ1) is 18.0. The van der Waals surface area contributed by atoms with E-state index in [1.165, 1.54) is 0 Å². The second-order valence-electron chi connectivity index (χ2n) is 10.1. The lowest BCUT2D eigenvalue weighted by atomic mass is 10.1. The van der Waals surface area contributed by atoms with Crippen LogP contribution in [0.5, 0.6) is 5.75 Å². The predicted octanol–water partition coefficient (Wildman–Crippen LogP) is 4.92. The number of nitrogens with zero attached hydrogens (tertiary/aromatic N) is 3. The van der Waals surface area contributed by atoms with Crippen LogP contribution in [0.15, 0.2) is 73.1 Å². The highest BCUT2D eigenvalue weighted by Gasteiger charge is 2.33. The summed E-state index contributed by atoms with van der Waals surface area (Å²) in [7, 11) is 0. The number of benzene rings is 2. The van der Waals surface area contributed by atoms with Crippen LogP contribution in [0.2, 0.25) is 0 Å². The van der Waals surface area contributed by atoms with E-state index < -0.39 is 0 Å². The Balaban J connectivity index is 1.08. The molecule has 0 saturated heterocycles. The number of hydrogen-bond acceptors (Lipinski definition) is 4. The number of carbonyl (C=O) groups excluding carboxylic acids is 2. The van der Waals surface area contributed by atoms with Gasteiger partial charge in [-0.3, -0.25) is 9.59 Å². The minimum Gasteiger partial charge on any atom is -0.487 e. The molecular weight excluding hydrogens is 464 g/mol. The molecule has 0 unspecified atom stereocenters. The number of rotatable bonds is 9. The van der Waals surface area contributed by atoms with E-state index in [1.807, 2.05) is 89.3 Å². The number of carbonyl (C=O) groups is 2. The van der Waals surface area contributed by atoms with Crippen molar-refractivity contribution in [1.82, 2.24) is 19.6 Å². The number of hydrogen-bond donors (Lipinski definition) is 1. The Morgan fingerprint density at radius 1 is 1.00 bits per heavy atom. The molecule has 4 aromatic rings. The maximum absolute atomic E-state index is 13.4. The van der Waals surface area contributed by atoms with Crippen molar-refractivity contribution >= 4 is 17.5 Å². The Bertz CT molecular complexity index is 1430. The summed E-state index contributed by atoms with van der Waals surface area (Å²) < 4.78 is 7.94. The van der Waals surface area contributed by atoms with Crippen molar-refractivity contribution in [3.8, 4) is 5.75 Å². The number of aromatic nitrogens is 2. The van der Waals surface area contributed by atoms with Crippen LogP contribution in [0.4, 0.5) is 0 Å². The third-order valence-electron chi connectivity index (χ3n) is 6.95. The Morgan fingerprint density at radius 2 is 1.73 bits per heavy atom. The minimum absolute atomic E-state index is 0.0143. The molecule has 188 valence electrons. The van der Waals surface area contributed by atoms with Gasteiger partial charge in [0, 0.05) is 42.1 Å². The quantitative estimate of drug-likeness (QED) is 0.358. The molecule has 2 heterocycles. The number of fused-ring (bicyclic) bond motifs is 1. The lowest BCUT2D eigenvalue weighted by Crippen LogP contribution is -2.32. The van der Waals surface area contributed by atoms with Gasteiger partial charge in [0.15, 0.2) is 0 Å². The zero-order valence-corrected chi connectivity index (χ0v) is 20.9. The van der Waals surface area contributed by atoms with Gasteiger partial charge in [0.2, 0.25) is 0 Å². The zero-order valence-electron chi connectivity index (χ0n) is 20.9. The van der Waals surface area contributed by atoms with Gasteiger partial charge in [-0.2, -0.15) is 0 Å². The summed E-state index contributed by atoms with van der Waals surface area (Å²) in [5.74, 6) is 0.687. The molecule has 6 rings (SSSR count). The Morgan fingerprint density at radius 3 is 2.41 bits per heavy atom. The van der Waals surface area contributed by atoms with Crippen LogP contribution in [0, 0.1) is 6.92 Å². The number of pyridine rings is 1. The highest BCUT2D eigenvalue weighted by molar-refractivity contribution is 5.95. The molecule has 2 aromatic carbocycles. The topological polar surface area (TPSA) is 75.9 Å². The first kappa shape index (κ1) is 23.3. The van der Waals surface area contributed by atoms with Gasteiger partial charge in [-0.05, 0) is 86.2 Å². The van der Waals surface area contributed by atoms with Gasteiger partial charge in [-0.1, -0.05) is 18.2 Å². The molecule has 0 radical (unpaired) electrons. The summed E-state index contributed by atoms with van der Waals surface area (Å²) >= 11 is 0. The third kappa shape index (κ3) is 5.35. The van der Waals surface area contributed by atoms with Gasteiger partial charge in [0.25, 0.3) is 11.8 Å². The summed E-state index contributed by atoms with van der Waals surface area (Å²) in [4.78, 5) is 32.2. The molecule has 7 heteroatoms. The van der Waals surface area contributed by atoms with Crippen molar-refractivity contribution in [2.45, 2.75) is 57.8 Å². The van der Waals surface area contributed by atoms with Crippen LogP contribution in [0.3, 0.4) is 0 Å². The van der Waals surface area contributed by atoms with Gasteiger partial charge in [-0.25, -0.2) is 4.98 Å². The maximum Gasteiger partial charge on any atom is 0.254 e. The molecule has 0 bridgehead atoms. The van der Waals surface area contributed by atoms with Crippen LogP contribution in [0.1, 0.15) is 63.2 Å². The zero-order chi connectivity index (χ0) is 25.4. The molecule has 0 atom stereocenters. The molecule has 0 spiro atoms. The molecule has 2 aromatic heterocycles. The van der Waals surface area contributed by atoms with Gasteiger partial charge >= 0.3 is 0 Å². The number of aryl methyl sites for hydroxylation is 1. The molecule has 1 N–H and O–H groups in total. The number of nitrogens with one attached hydrogen (secondary N) is 1. The summed E-state index contributed by atoms with van der Waals surface area (Å²) in [5, 5.41) is 3.01. The third-order valence-corrected chi connectivity index (χ3v) is 6.95. The molecule has 2 aliphatic rings. The highest BCUT2D eigenvalue weighted by atomic mass is 16.5. The largest absolute Gasteiger partial charge is 0.487 e. The van der Waals surface area contributed by atoms with Crippen molar-refractivity contribution in [3.63, 3.8) is 0 Å². The summed E-state index contributed by atoms with van der Waals surface area (Å²) in [5.41, 5.74) is 5.22. The minimum atomic E-state index is -0.0252. The fraction of sp³-hybridized carbons (Fsp3) is 0.300. The summed E-state index contributed by atoms with van der Waals surface area (Å²) in [6.45, 7) is 2.92. The average molecular weight is 495 g/mol. The van der Waals surface area contributed by atoms with E-state index in [0.29, 0.717) is 36.1 Å². The standard InChI is InChI=1S/C30H30N4O3/c1-20-3-2-16-33-18-25(31-28(20)33)19-37-27-14-8-23(9-15-27)30(36)34(26-12-13-26)17-21-4-6-22(7-5-21)29(35)32-24-10-11-24/h2-9,14-16,18,24,26H,10-13,17,19H2,1H3,(H,32,35). The van der Waals surface area contributed by atoms with Gasteiger partial charge in [-0.15, -0.1) is 0 Å². The average Bonchev–Trinajstić information content (AvgIpc) is 3.85. The Hall–Kier alpha value is -4.13. The normalized spacial score (nSPS) is 14.9. The molecule has 2 saturated carbocycles. The Labute approximate surface area is 216 Å². The van der Waals surface area contributed by atoms with Crippen LogP contribution >= 0.6 is 0 Å². The lowest BCUT2D eigenvalue weighted by Gasteiger charge is -2.23. The first-order valence-corrected chi connectivity index (χ1v) is 12.9. The van der Waals surface area contributed by atoms with E-state index in [-0.39, 0.29) is 17.9 Å². The van der Waals surface area contributed by atoms with Crippen LogP contribution in [0.25, 0.3) is 5.65 Å². The van der Waals surface area contributed by atoms with Crippen LogP contribution in [-0.4, -0.2) is 38.2 Å². The fourth-order valence-electron chi connectivity index (χ4n) is 4.50. The van der Waals surface area contributed by atoms with E-state index >= 15 is 0 Å². The van der Waals surface area contributed by atoms with Crippen molar-refractivity contribution in [3.05, 3.63) is 101 Å². The van der Waals surface area contributed by atoms with E-state index in [2.05, 4.69) is 10.3 Å². The van der Waals surface area contributed by atoms with Gasteiger partial charge in [0.1, 0.15) is 18.0 Å². The van der Waals surface area contributed by atoms with Crippen molar-refractivity contribution < 1.29 is 14.3 Å². The van der Waals surface area contributed by atoms with Crippen molar-refractivity contribution in [2.24, 2.45) is 0 Å². The summed E-state index contributed by atoms with van der Waals surface area (Å²) in [6, 6.07) is 19.6. The number of imidazole rings is 1. The summed E-state index contributed by atoms with van der Waals surface area (Å²) in [6.07, 6.45) is 8.12. The molecule has 2 aliphatic carbocycles. The number of amides is 2. The van der Waals surface area contributed by atoms with Crippen molar-refractivity contribution in [2.75, 3.05) is 0 Å². The number of ether oxygens (including phenoxy) is 1. The van der Waals surface area contributed by atoms with E-state index in [0.717, 1.165) is 48.2 Å². The van der Waals surface area contributed by atoms with Crippen LogP contribution < -0.4 is 10.1 Å². The molecular formula is C30H30N4O3. The molecule has 7 nitrogen and oxygen atoms in total. The first-order valence-electron chi connectivity index (χ1n) is 12.9. The SMILES string of the molecule is Cc1cccn2cc(COc3ccc(C(=O)N(Cc4ccc(C(=O)NC5CC5)cc4)C4CC4)cc3)nc12. The molecule has 37 heavy (non-hydrogen) atoms. The van der Waals surface area contributed by atoms with Crippen molar-refractivity contribution in [1.29, 1.82) is 0 Å². The molecule has 0 aliphatic heterocycles. The second-order valence-corrected chi connectivity index (χ2v) is 10.1. The van der Waals surface area contributed by atoms with Gasteiger partial charge < -0.3 is 19.4 Å². The maximum atomic E-state index is 13.4. The Kier molecular flexibility index (Phi) is 6.12. The predicted molar refractivity (Wildman–Crippen MR) is 141 cm³/mol. The smallest absolute Gasteiger partial charge is 0.254 e. The lowest BCUT2D eigenvalue weighted by molar-refractivity contribution is 0.0729. The highest BCUT2D eigenvalue weighted by Crippen LogP contribution is 2.30. The fourth-order valence-corrected chi connectivity index (χ4v) is 4.50. The molecule has 2 fully saturated rings.